The molecule has 0 spiro atoms. The molecule has 0 radical (unpaired) electrons. The summed E-state index contributed by atoms with van der Waals surface area (Å²) in [5.41, 5.74) is 0. The topological polar surface area (TPSA) is 47.0 Å². The quantitative estimate of drug-likeness (QED) is 0.747. The molecule has 4 nitrogen and oxygen atoms in total. The average molecular weight is 173 g/mol. The standard InChI is InChI=1S/C6H11N3OS/c1-3-4-7-5-6(10-2)9-11-8-5/h3-4H2,1-2H3,(H,7,8). The largest absolute Gasteiger partial charge is 0.478 e. The first-order valence-corrected chi connectivity index (χ1v) is 4.22. The van der Waals surface area contributed by atoms with Gasteiger partial charge in [-0.25, -0.2) is 0 Å². The van der Waals surface area contributed by atoms with Crippen molar-refractivity contribution in [1.82, 2.24) is 8.75 Å². The molecule has 1 heterocycles. The minimum Gasteiger partial charge on any atom is -0.478 e. The highest BCUT2D eigenvalue weighted by Gasteiger charge is 2.05. The van der Waals surface area contributed by atoms with Crippen molar-refractivity contribution in [3.8, 4) is 5.88 Å². The maximum Gasteiger partial charge on any atom is 0.270 e. The summed E-state index contributed by atoms with van der Waals surface area (Å²) in [4.78, 5) is 0. The number of ether oxygens (including phenoxy) is 1. The highest BCUT2D eigenvalue weighted by Crippen LogP contribution is 2.19. The normalized spacial score (nSPS) is 9.64. The van der Waals surface area contributed by atoms with Gasteiger partial charge in [0.05, 0.1) is 18.8 Å². The van der Waals surface area contributed by atoms with E-state index >= 15 is 0 Å². The lowest BCUT2D eigenvalue weighted by atomic mass is 10.5. The third kappa shape index (κ3) is 2.04. The van der Waals surface area contributed by atoms with E-state index in [0.717, 1.165) is 30.5 Å². The summed E-state index contributed by atoms with van der Waals surface area (Å²) in [5.74, 6) is 1.34. The fourth-order valence-corrected chi connectivity index (χ4v) is 1.17. The second kappa shape index (κ2) is 4.12. The molecule has 1 aromatic heterocycles. The van der Waals surface area contributed by atoms with Crippen LogP contribution in [-0.2, 0) is 0 Å². The molecule has 62 valence electrons. The van der Waals surface area contributed by atoms with Crippen LogP contribution in [0.2, 0.25) is 0 Å². The van der Waals surface area contributed by atoms with Crippen LogP contribution in [0.5, 0.6) is 5.88 Å². The van der Waals surface area contributed by atoms with E-state index in [1.54, 1.807) is 7.11 Å². The molecule has 0 atom stereocenters. The highest BCUT2D eigenvalue weighted by atomic mass is 32.1. The fraction of sp³-hybridized carbons (Fsp3) is 0.667. The first-order valence-electron chi connectivity index (χ1n) is 3.49. The zero-order valence-electron chi connectivity index (χ0n) is 6.63. The second-order valence-electron chi connectivity index (χ2n) is 2.05. The summed E-state index contributed by atoms with van der Waals surface area (Å²) in [6.07, 6.45) is 1.07. The van der Waals surface area contributed by atoms with Crippen molar-refractivity contribution in [2.45, 2.75) is 13.3 Å². The van der Waals surface area contributed by atoms with Crippen LogP contribution in [0.4, 0.5) is 5.82 Å². The second-order valence-corrected chi connectivity index (χ2v) is 2.58. The zero-order chi connectivity index (χ0) is 8.10. The van der Waals surface area contributed by atoms with Gasteiger partial charge in [-0.2, -0.15) is 4.37 Å². The summed E-state index contributed by atoms with van der Waals surface area (Å²) in [6, 6.07) is 0. The van der Waals surface area contributed by atoms with E-state index in [-0.39, 0.29) is 0 Å². The first kappa shape index (κ1) is 8.26. The molecule has 1 rings (SSSR count). The molecule has 1 aromatic rings. The average Bonchev–Trinajstić information content (AvgIpc) is 2.47. The zero-order valence-corrected chi connectivity index (χ0v) is 7.44. The summed E-state index contributed by atoms with van der Waals surface area (Å²) >= 11 is 1.15. The van der Waals surface area contributed by atoms with Crippen molar-refractivity contribution in [1.29, 1.82) is 0 Å². The summed E-state index contributed by atoms with van der Waals surface area (Å²) < 4.78 is 12.9. The lowest BCUT2D eigenvalue weighted by molar-refractivity contribution is 0.403. The Labute approximate surface area is 69.9 Å². The lowest BCUT2D eigenvalue weighted by Crippen LogP contribution is -2.01. The lowest BCUT2D eigenvalue weighted by Gasteiger charge is -2.00. The van der Waals surface area contributed by atoms with Crippen molar-refractivity contribution in [2.75, 3.05) is 19.0 Å². The number of hydrogen-bond donors (Lipinski definition) is 1. The van der Waals surface area contributed by atoms with Gasteiger partial charge in [0.2, 0.25) is 5.82 Å². The third-order valence-electron chi connectivity index (χ3n) is 1.19. The Hall–Kier alpha value is -0.840. The molecular formula is C6H11N3OS. The molecule has 11 heavy (non-hydrogen) atoms. The molecule has 0 unspecified atom stereocenters. The molecule has 0 aliphatic heterocycles. The van der Waals surface area contributed by atoms with Gasteiger partial charge in [0.25, 0.3) is 5.88 Å². The molecule has 0 fully saturated rings. The Morgan fingerprint density at radius 2 is 2.36 bits per heavy atom. The minimum absolute atomic E-state index is 0.587. The number of rotatable bonds is 4. The monoisotopic (exact) mass is 173 g/mol. The van der Waals surface area contributed by atoms with Crippen LogP contribution in [0.3, 0.4) is 0 Å². The van der Waals surface area contributed by atoms with Gasteiger partial charge in [0.15, 0.2) is 0 Å². The van der Waals surface area contributed by atoms with Crippen LogP contribution in [0, 0.1) is 0 Å². The van der Waals surface area contributed by atoms with Crippen molar-refractivity contribution in [2.24, 2.45) is 0 Å². The van der Waals surface area contributed by atoms with Gasteiger partial charge >= 0.3 is 0 Å². The Bertz CT molecular complexity index is 213. The van der Waals surface area contributed by atoms with Crippen molar-refractivity contribution in [3.63, 3.8) is 0 Å². The minimum atomic E-state index is 0.587. The maximum atomic E-state index is 4.96. The maximum absolute atomic E-state index is 4.96. The smallest absolute Gasteiger partial charge is 0.270 e. The Morgan fingerprint density at radius 1 is 1.55 bits per heavy atom. The molecule has 0 saturated heterocycles. The van der Waals surface area contributed by atoms with Gasteiger partial charge in [-0.15, -0.1) is 4.37 Å². The van der Waals surface area contributed by atoms with E-state index in [4.69, 9.17) is 4.74 Å². The van der Waals surface area contributed by atoms with Crippen molar-refractivity contribution in [3.05, 3.63) is 0 Å². The predicted octanol–water partition coefficient (Wildman–Crippen LogP) is 1.37. The molecule has 1 N–H and O–H groups in total. The van der Waals surface area contributed by atoms with E-state index < -0.39 is 0 Å². The number of anilines is 1. The molecule has 0 saturated carbocycles. The molecule has 0 aliphatic carbocycles. The summed E-state index contributed by atoms with van der Waals surface area (Å²) in [7, 11) is 1.59. The number of aromatic nitrogens is 2. The number of nitrogens with one attached hydrogen (secondary N) is 1. The van der Waals surface area contributed by atoms with E-state index in [2.05, 4.69) is 21.0 Å². The van der Waals surface area contributed by atoms with Crippen molar-refractivity contribution >= 4 is 17.5 Å². The van der Waals surface area contributed by atoms with Gasteiger partial charge in [-0.1, -0.05) is 6.92 Å². The van der Waals surface area contributed by atoms with Gasteiger partial charge in [0, 0.05) is 6.54 Å². The SMILES string of the molecule is CCCNc1nsnc1OC. The predicted molar refractivity (Wildman–Crippen MR) is 45.2 cm³/mol. The van der Waals surface area contributed by atoms with Gasteiger partial charge in [0.1, 0.15) is 0 Å². The number of nitrogens with zero attached hydrogens (tertiary/aromatic N) is 2. The third-order valence-corrected chi connectivity index (χ3v) is 1.71. The van der Waals surface area contributed by atoms with Gasteiger partial charge in [-0.05, 0) is 6.42 Å². The van der Waals surface area contributed by atoms with Crippen LogP contribution in [-0.4, -0.2) is 22.4 Å². The molecular weight excluding hydrogens is 162 g/mol. The van der Waals surface area contributed by atoms with Gasteiger partial charge in [-0.3, -0.25) is 0 Å². The Kier molecular flexibility index (Phi) is 3.10. The first-order chi connectivity index (χ1) is 5.38. The molecule has 0 bridgehead atoms. The van der Waals surface area contributed by atoms with Gasteiger partial charge < -0.3 is 10.1 Å². The van der Waals surface area contributed by atoms with E-state index in [9.17, 15) is 0 Å². The molecule has 0 aromatic carbocycles. The summed E-state index contributed by atoms with van der Waals surface area (Å²) in [5, 5.41) is 3.11. The number of hydrogen-bond acceptors (Lipinski definition) is 5. The molecule has 0 aliphatic rings. The van der Waals surface area contributed by atoms with E-state index in [0.29, 0.717) is 5.88 Å². The molecule has 0 amide bonds. The Balaban J connectivity index is 2.54. The fourth-order valence-electron chi connectivity index (χ4n) is 0.666. The van der Waals surface area contributed by atoms with Crippen LogP contribution < -0.4 is 10.1 Å². The van der Waals surface area contributed by atoms with Crippen LogP contribution >= 0.6 is 11.7 Å². The van der Waals surface area contributed by atoms with Crippen LogP contribution in [0.15, 0.2) is 0 Å². The molecule has 5 heteroatoms. The highest BCUT2D eigenvalue weighted by molar-refractivity contribution is 6.99. The Morgan fingerprint density at radius 3 is 3.00 bits per heavy atom. The van der Waals surface area contributed by atoms with Crippen LogP contribution in [0.25, 0.3) is 0 Å². The van der Waals surface area contributed by atoms with E-state index in [1.165, 1.54) is 0 Å². The number of methoxy groups -OCH3 is 1. The summed E-state index contributed by atoms with van der Waals surface area (Å²) in [6.45, 7) is 3.00. The van der Waals surface area contributed by atoms with Crippen molar-refractivity contribution < 1.29 is 4.74 Å². The van der Waals surface area contributed by atoms with Crippen LogP contribution in [0.1, 0.15) is 13.3 Å². The van der Waals surface area contributed by atoms with E-state index in [1.807, 2.05) is 0 Å².